The Hall–Kier alpha value is -1.59. The normalized spacial score (nSPS) is 19.2. The first-order valence-corrected chi connectivity index (χ1v) is 9.13. The molecule has 0 bridgehead atoms. The summed E-state index contributed by atoms with van der Waals surface area (Å²) in [5.74, 6) is 0.861. The molecule has 5 nitrogen and oxygen atoms in total. The molecule has 1 aromatic rings. The van der Waals surface area contributed by atoms with Crippen molar-refractivity contribution in [2.45, 2.75) is 38.8 Å². The van der Waals surface area contributed by atoms with Gasteiger partial charge in [-0.3, -0.25) is 9.89 Å². The molecule has 1 unspecified atom stereocenters. The number of nitrogens with zero attached hydrogens (tertiary/aromatic N) is 2. The molecule has 5 heteroatoms. The van der Waals surface area contributed by atoms with E-state index in [9.17, 15) is 0 Å². The second-order valence-corrected chi connectivity index (χ2v) is 6.20. The average molecular weight is 332 g/mol. The number of benzene rings is 1. The summed E-state index contributed by atoms with van der Waals surface area (Å²) < 4.78 is 5.69. The highest BCUT2D eigenvalue weighted by Gasteiger charge is 2.20. The van der Waals surface area contributed by atoms with Crippen LogP contribution < -0.4 is 10.6 Å². The van der Waals surface area contributed by atoms with Gasteiger partial charge in [0.1, 0.15) is 0 Å². The Balaban J connectivity index is 1.60. The second-order valence-electron chi connectivity index (χ2n) is 6.20. The van der Waals surface area contributed by atoms with E-state index in [-0.39, 0.29) is 0 Å². The minimum Gasteiger partial charge on any atom is -0.375 e. The third-order valence-corrected chi connectivity index (χ3v) is 4.53. The zero-order valence-electron chi connectivity index (χ0n) is 15.1. The van der Waals surface area contributed by atoms with Crippen molar-refractivity contribution in [3.8, 4) is 0 Å². The topological polar surface area (TPSA) is 48.9 Å². The van der Waals surface area contributed by atoms with Crippen LogP contribution >= 0.6 is 0 Å². The molecule has 1 heterocycles. The highest BCUT2D eigenvalue weighted by atomic mass is 16.5. The molecular formula is C19H32N4O. The SMILES string of the molecule is CCN1CCCCC1CNC(=NC)NCCOCc1ccccc1. The number of nitrogens with one attached hydrogen (secondary N) is 2. The van der Waals surface area contributed by atoms with Gasteiger partial charge in [0.25, 0.3) is 0 Å². The number of hydrogen-bond donors (Lipinski definition) is 2. The van der Waals surface area contributed by atoms with Crippen molar-refractivity contribution < 1.29 is 4.74 Å². The van der Waals surface area contributed by atoms with Gasteiger partial charge in [-0.15, -0.1) is 0 Å². The predicted octanol–water partition coefficient (Wildman–Crippen LogP) is 2.24. The first-order chi connectivity index (χ1) is 11.8. The van der Waals surface area contributed by atoms with E-state index in [4.69, 9.17) is 4.74 Å². The van der Waals surface area contributed by atoms with Gasteiger partial charge < -0.3 is 15.4 Å². The summed E-state index contributed by atoms with van der Waals surface area (Å²) in [5, 5.41) is 6.78. The molecule has 1 aliphatic heterocycles. The monoisotopic (exact) mass is 332 g/mol. The lowest BCUT2D eigenvalue weighted by atomic mass is 10.0. The fourth-order valence-electron chi connectivity index (χ4n) is 3.15. The maximum absolute atomic E-state index is 5.69. The number of aliphatic imine (C=N–C) groups is 1. The van der Waals surface area contributed by atoms with Crippen LogP contribution in [0.3, 0.4) is 0 Å². The van der Waals surface area contributed by atoms with Gasteiger partial charge in [0.15, 0.2) is 5.96 Å². The molecule has 1 atom stereocenters. The lowest BCUT2D eigenvalue weighted by Crippen LogP contribution is -2.49. The van der Waals surface area contributed by atoms with E-state index in [1.54, 1.807) is 0 Å². The number of rotatable bonds is 8. The van der Waals surface area contributed by atoms with E-state index in [2.05, 4.69) is 39.6 Å². The molecule has 0 saturated carbocycles. The number of likely N-dealkylation sites (tertiary alicyclic amines) is 1. The van der Waals surface area contributed by atoms with Gasteiger partial charge in [0, 0.05) is 26.2 Å². The first kappa shape index (κ1) is 18.7. The fourth-order valence-corrected chi connectivity index (χ4v) is 3.15. The summed E-state index contributed by atoms with van der Waals surface area (Å²) in [4.78, 5) is 6.86. The van der Waals surface area contributed by atoms with Crippen molar-refractivity contribution in [3.05, 3.63) is 35.9 Å². The van der Waals surface area contributed by atoms with Gasteiger partial charge in [-0.1, -0.05) is 43.7 Å². The molecule has 1 aromatic carbocycles. The number of likely N-dealkylation sites (N-methyl/N-ethyl adjacent to an activating group) is 1. The summed E-state index contributed by atoms with van der Waals surface area (Å²) in [6.45, 7) is 7.64. The Labute approximate surface area is 146 Å². The summed E-state index contributed by atoms with van der Waals surface area (Å²) in [7, 11) is 1.82. The van der Waals surface area contributed by atoms with Crippen molar-refractivity contribution in [1.29, 1.82) is 0 Å². The maximum atomic E-state index is 5.69. The Morgan fingerprint density at radius 2 is 2.08 bits per heavy atom. The smallest absolute Gasteiger partial charge is 0.191 e. The summed E-state index contributed by atoms with van der Waals surface area (Å²) in [5.41, 5.74) is 1.21. The van der Waals surface area contributed by atoms with E-state index in [1.807, 2.05) is 25.2 Å². The zero-order valence-corrected chi connectivity index (χ0v) is 15.1. The lowest BCUT2D eigenvalue weighted by molar-refractivity contribution is 0.125. The van der Waals surface area contributed by atoms with Gasteiger partial charge in [0.2, 0.25) is 0 Å². The molecule has 2 N–H and O–H groups in total. The van der Waals surface area contributed by atoms with Crippen molar-refractivity contribution in [3.63, 3.8) is 0 Å². The van der Waals surface area contributed by atoms with Crippen LogP contribution in [0.5, 0.6) is 0 Å². The van der Waals surface area contributed by atoms with Crippen molar-refractivity contribution >= 4 is 5.96 Å². The van der Waals surface area contributed by atoms with E-state index < -0.39 is 0 Å². The highest BCUT2D eigenvalue weighted by Crippen LogP contribution is 2.15. The summed E-state index contributed by atoms with van der Waals surface area (Å²) in [6.07, 6.45) is 3.94. The van der Waals surface area contributed by atoms with Gasteiger partial charge in [-0.05, 0) is 31.5 Å². The molecule has 0 aliphatic carbocycles. The van der Waals surface area contributed by atoms with Crippen molar-refractivity contribution in [1.82, 2.24) is 15.5 Å². The molecule has 2 rings (SSSR count). The van der Waals surface area contributed by atoms with Crippen molar-refractivity contribution in [2.75, 3.05) is 39.8 Å². The van der Waals surface area contributed by atoms with Crippen LogP contribution in [0.15, 0.2) is 35.3 Å². The van der Waals surface area contributed by atoms with Crippen LogP contribution in [0.2, 0.25) is 0 Å². The van der Waals surface area contributed by atoms with E-state index in [1.165, 1.54) is 31.4 Å². The predicted molar refractivity (Wildman–Crippen MR) is 100 cm³/mol. The van der Waals surface area contributed by atoms with Gasteiger partial charge in [-0.25, -0.2) is 0 Å². The third-order valence-electron chi connectivity index (χ3n) is 4.53. The lowest BCUT2D eigenvalue weighted by Gasteiger charge is -2.35. The number of ether oxygens (including phenoxy) is 1. The summed E-state index contributed by atoms with van der Waals surface area (Å²) >= 11 is 0. The minimum atomic E-state index is 0.622. The molecule has 0 radical (unpaired) electrons. The van der Waals surface area contributed by atoms with Crippen LogP contribution in [-0.4, -0.2) is 56.7 Å². The van der Waals surface area contributed by atoms with Crippen LogP contribution in [0.4, 0.5) is 0 Å². The standard InChI is InChI=1S/C19H32N4O/c1-3-23-13-8-7-11-18(23)15-22-19(20-2)21-12-14-24-16-17-9-5-4-6-10-17/h4-6,9-10,18H,3,7-8,11-16H2,1-2H3,(H2,20,21,22). The van der Waals surface area contributed by atoms with Crippen LogP contribution in [-0.2, 0) is 11.3 Å². The molecule has 1 fully saturated rings. The Kier molecular flexibility index (Phi) is 8.63. The van der Waals surface area contributed by atoms with Crippen LogP contribution in [0.25, 0.3) is 0 Å². The third kappa shape index (κ3) is 6.49. The van der Waals surface area contributed by atoms with Gasteiger partial charge >= 0.3 is 0 Å². The number of guanidine groups is 1. The molecule has 0 amide bonds. The quantitative estimate of drug-likeness (QED) is 0.435. The second kappa shape index (κ2) is 11.0. The van der Waals surface area contributed by atoms with Crippen LogP contribution in [0, 0.1) is 0 Å². The highest BCUT2D eigenvalue weighted by molar-refractivity contribution is 5.79. The Bertz CT molecular complexity index is 478. The van der Waals surface area contributed by atoms with Gasteiger partial charge in [0.05, 0.1) is 13.2 Å². The average Bonchev–Trinajstić information content (AvgIpc) is 2.65. The number of piperidine rings is 1. The summed E-state index contributed by atoms with van der Waals surface area (Å²) in [6, 6.07) is 10.9. The molecule has 0 spiro atoms. The van der Waals surface area contributed by atoms with E-state index in [0.717, 1.165) is 25.6 Å². The fraction of sp³-hybridized carbons (Fsp3) is 0.632. The van der Waals surface area contributed by atoms with E-state index >= 15 is 0 Å². The minimum absolute atomic E-state index is 0.622. The largest absolute Gasteiger partial charge is 0.375 e. The maximum Gasteiger partial charge on any atom is 0.191 e. The van der Waals surface area contributed by atoms with Crippen molar-refractivity contribution in [2.24, 2.45) is 4.99 Å². The van der Waals surface area contributed by atoms with Crippen LogP contribution in [0.1, 0.15) is 31.7 Å². The molecule has 0 aromatic heterocycles. The Morgan fingerprint density at radius 3 is 2.83 bits per heavy atom. The number of hydrogen-bond acceptors (Lipinski definition) is 3. The van der Waals surface area contributed by atoms with E-state index in [0.29, 0.717) is 19.3 Å². The Morgan fingerprint density at radius 1 is 1.25 bits per heavy atom. The first-order valence-electron chi connectivity index (χ1n) is 9.13. The molecular weight excluding hydrogens is 300 g/mol. The molecule has 1 aliphatic rings. The zero-order chi connectivity index (χ0) is 17.0. The molecule has 1 saturated heterocycles. The van der Waals surface area contributed by atoms with Gasteiger partial charge in [-0.2, -0.15) is 0 Å². The molecule has 134 valence electrons. The molecule has 24 heavy (non-hydrogen) atoms.